The molecule has 0 spiro atoms. The fourth-order valence-electron chi connectivity index (χ4n) is 4.17. The Hall–Kier alpha value is -2.76. The third-order valence-corrected chi connectivity index (χ3v) is 5.92. The van der Waals surface area contributed by atoms with Gasteiger partial charge in [-0.25, -0.2) is 9.97 Å². The smallest absolute Gasteiger partial charge is 0.229 e. The van der Waals surface area contributed by atoms with E-state index < -0.39 is 0 Å². The highest BCUT2D eigenvalue weighted by Gasteiger charge is 2.30. The predicted octanol–water partition coefficient (Wildman–Crippen LogP) is 3.28. The van der Waals surface area contributed by atoms with E-state index in [2.05, 4.69) is 5.32 Å². The highest BCUT2D eigenvalue weighted by Crippen LogP contribution is 2.28. The van der Waals surface area contributed by atoms with Crippen molar-refractivity contribution in [1.29, 1.82) is 0 Å². The van der Waals surface area contributed by atoms with Crippen LogP contribution >= 0.6 is 0 Å². The highest BCUT2D eigenvalue weighted by molar-refractivity contribution is 5.83. The lowest BCUT2D eigenvalue weighted by molar-refractivity contribution is -0.133. The molecule has 160 valence electrons. The van der Waals surface area contributed by atoms with Crippen LogP contribution < -0.4 is 5.32 Å². The van der Waals surface area contributed by atoms with E-state index in [4.69, 9.17) is 9.97 Å². The number of hydrogen-bond donors (Lipinski definition) is 1. The number of aryl methyl sites for hydroxylation is 2. The average molecular weight is 409 g/mol. The third kappa shape index (κ3) is 5.04. The topological polar surface area (TPSA) is 75.2 Å². The van der Waals surface area contributed by atoms with Crippen LogP contribution in [0.3, 0.4) is 0 Å². The van der Waals surface area contributed by atoms with E-state index in [-0.39, 0.29) is 23.7 Å². The van der Waals surface area contributed by atoms with Gasteiger partial charge in [-0.1, -0.05) is 30.3 Å². The molecule has 0 saturated carbocycles. The van der Waals surface area contributed by atoms with Gasteiger partial charge in [-0.15, -0.1) is 0 Å². The minimum Gasteiger partial charge on any atom is -0.356 e. The second-order valence-electron chi connectivity index (χ2n) is 8.12. The standard InChI is InChI=1S/C24H32N4O2/c1-5-25-22(29)14-21-17(3)26-23(27-18(21)4)20-12-9-13-28(15-20)24(30)16(2)19-10-7-6-8-11-19/h6-8,10-11,16,20H,5,9,12-15H2,1-4H3,(H,25,29)/t16-,20-/m0/s1. The van der Waals surface area contributed by atoms with E-state index in [1.807, 2.05) is 62.9 Å². The lowest BCUT2D eigenvalue weighted by Gasteiger charge is -2.34. The van der Waals surface area contributed by atoms with Crippen molar-refractivity contribution in [2.24, 2.45) is 0 Å². The summed E-state index contributed by atoms with van der Waals surface area (Å²) in [6.45, 7) is 9.80. The lowest BCUT2D eigenvalue weighted by Crippen LogP contribution is -2.41. The van der Waals surface area contributed by atoms with Crippen molar-refractivity contribution in [3.63, 3.8) is 0 Å². The molecule has 0 radical (unpaired) electrons. The molecule has 30 heavy (non-hydrogen) atoms. The number of amides is 2. The summed E-state index contributed by atoms with van der Waals surface area (Å²) in [4.78, 5) is 36.5. The lowest BCUT2D eigenvalue weighted by atomic mass is 9.93. The van der Waals surface area contributed by atoms with Gasteiger partial charge in [-0.05, 0) is 46.1 Å². The number of likely N-dealkylation sites (tertiary alicyclic amines) is 1. The molecule has 0 unspecified atom stereocenters. The molecule has 1 aromatic carbocycles. The van der Waals surface area contributed by atoms with Crippen molar-refractivity contribution in [2.75, 3.05) is 19.6 Å². The Bertz CT molecular complexity index is 874. The molecule has 0 aliphatic carbocycles. The first-order valence-electron chi connectivity index (χ1n) is 10.8. The number of benzene rings is 1. The molecule has 1 aromatic heterocycles. The Morgan fingerprint density at radius 1 is 1.17 bits per heavy atom. The highest BCUT2D eigenvalue weighted by atomic mass is 16.2. The van der Waals surface area contributed by atoms with Gasteiger partial charge in [0, 0.05) is 42.5 Å². The van der Waals surface area contributed by atoms with Gasteiger partial charge in [0.05, 0.1) is 12.3 Å². The monoisotopic (exact) mass is 408 g/mol. The van der Waals surface area contributed by atoms with E-state index in [9.17, 15) is 9.59 Å². The zero-order valence-electron chi connectivity index (χ0n) is 18.4. The molecule has 6 nitrogen and oxygen atoms in total. The Morgan fingerprint density at radius 2 is 1.83 bits per heavy atom. The molecule has 3 rings (SSSR count). The van der Waals surface area contributed by atoms with Crippen LogP contribution in [0.4, 0.5) is 0 Å². The Kier molecular flexibility index (Phi) is 7.19. The second-order valence-corrected chi connectivity index (χ2v) is 8.12. The van der Waals surface area contributed by atoms with Gasteiger partial charge in [0.1, 0.15) is 5.82 Å². The molecule has 2 heterocycles. The SMILES string of the molecule is CCNC(=O)Cc1c(C)nc([C@H]2CCCN(C(=O)[C@@H](C)c3ccccc3)C2)nc1C. The van der Waals surface area contributed by atoms with Crippen molar-refractivity contribution >= 4 is 11.8 Å². The first kappa shape index (κ1) is 21.9. The van der Waals surface area contributed by atoms with Crippen LogP contribution in [0.2, 0.25) is 0 Å². The fraction of sp³-hybridized carbons (Fsp3) is 0.500. The van der Waals surface area contributed by atoms with E-state index in [1.165, 1.54) is 0 Å². The van der Waals surface area contributed by atoms with Crippen molar-refractivity contribution < 1.29 is 9.59 Å². The summed E-state index contributed by atoms with van der Waals surface area (Å²) in [5, 5.41) is 2.83. The Labute approximate surface area is 179 Å². The quantitative estimate of drug-likeness (QED) is 0.796. The second kappa shape index (κ2) is 9.83. The Morgan fingerprint density at radius 3 is 2.47 bits per heavy atom. The molecule has 1 saturated heterocycles. The van der Waals surface area contributed by atoms with Crippen LogP contribution in [-0.4, -0.2) is 46.3 Å². The summed E-state index contributed by atoms with van der Waals surface area (Å²) in [5.74, 6) is 0.904. The minimum atomic E-state index is -0.159. The van der Waals surface area contributed by atoms with Gasteiger partial charge in [-0.3, -0.25) is 9.59 Å². The molecule has 1 fully saturated rings. The van der Waals surface area contributed by atoms with Crippen molar-refractivity contribution in [3.05, 3.63) is 58.7 Å². The number of aromatic nitrogens is 2. The van der Waals surface area contributed by atoms with E-state index in [1.54, 1.807) is 0 Å². The van der Waals surface area contributed by atoms with Crippen molar-refractivity contribution in [1.82, 2.24) is 20.2 Å². The van der Waals surface area contributed by atoms with Crippen LogP contribution in [0.5, 0.6) is 0 Å². The van der Waals surface area contributed by atoms with Gasteiger partial charge in [0.25, 0.3) is 0 Å². The van der Waals surface area contributed by atoms with E-state index in [0.29, 0.717) is 19.5 Å². The van der Waals surface area contributed by atoms with Crippen LogP contribution in [0.15, 0.2) is 30.3 Å². The van der Waals surface area contributed by atoms with E-state index in [0.717, 1.165) is 47.7 Å². The number of hydrogen-bond acceptors (Lipinski definition) is 4. The third-order valence-electron chi connectivity index (χ3n) is 5.92. The van der Waals surface area contributed by atoms with Crippen LogP contribution in [0.25, 0.3) is 0 Å². The van der Waals surface area contributed by atoms with Gasteiger partial charge in [0.2, 0.25) is 11.8 Å². The first-order valence-corrected chi connectivity index (χ1v) is 10.8. The number of piperidine rings is 1. The molecule has 2 amide bonds. The molecule has 1 N–H and O–H groups in total. The maximum atomic E-state index is 13.1. The number of nitrogens with zero attached hydrogens (tertiary/aromatic N) is 3. The van der Waals surface area contributed by atoms with Gasteiger partial charge in [-0.2, -0.15) is 0 Å². The normalized spacial score (nSPS) is 17.5. The molecule has 2 aromatic rings. The molecule has 1 aliphatic heterocycles. The molecular weight excluding hydrogens is 376 g/mol. The summed E-state index contributed by atoms with van der Waals surface area (Å²) in [5.41, 5.74) is 3.64. The fourth-order valence-corrected chi connectivity index (χ4v) is 4.17. The van der Waals surface area contributed by atoms with Gasteiger partial charge < -0.3 is 10.2 Å². The van der Waals surface area contributed by atoms with E-state index >= 15 is 0 Å². The zero-order chi connectivity index (χ0) is 21.7. The zero-order valence-corrected chi connectivity index (χ0v) is 18.4. The number of nitrogens with one attached hydrogen (secondary N) is 1. The summed E-state index contributed by atoms with van der Waals surface area (Å²) >= 11 is 0. The maximum Gasteiger partial charge on any atom is 0.229 e. The predicted molar refractivity (Wildman–Crippen MR) is 117 cm³/mol. The molecule has 6 heteroatoms. The Balaban J connectivity index is 1.73. The summed E-state index contributed by atoms with van der Waals surface area (Å²) in [6, 6.07) is 9.93. The van der Waals surface area contributed by atoms with Gasteiger partial charge >= 0.3 is 0 Å². The largest absolute Gasteiger partial charge is 0.356 e. The van der Waals surface area contributed by atoms with Crippen LogP contribution in [-0.2, 0) is 16.0 Å². The summed E-state index contributed by atoms with van der Waals surface area (Å²) < 4.78 is 0. The number of carbonyl (C=O) groups excluding carboxylic acids is 2. The first-order chi connectivity index (χ1) is 14.4. The van der Waals surface area contributed by atoms with Gasteiger partial charge in [0.15, 0.2) is 0 Å². The molecular formula is C24H32N4O2. The number of likely N-dealkylation sites (N-methyl/N-ethyl adjacent to an activating group) is 1. The van der Waals surface area contributed by atoms with Crippen LogP contribution in [0, 0.1) is 13.8 Å². The van der Waals surface area contributed by atoms with Crippen LogP contribution in [0.1, 0.15) is 66.9 Å². The number of carbonyl (C=O) groups is 2. The average Bonchev–Trinajstić information content (AvgIpc) is 2.76. The molecule has 0 bridgehead atoms. The maximum absolute atomic E-state index is 13.1. The summed E-state index contributed by atoms with van der Waals surface area (Å²) in [6.07, 6.45) is 2.22. The van der Waals surface area contributed by atoms with Crippen molar-refractivity contribution in [2.45, 2.75) is 58.8 Å². The number of rotatable bonds is 6. The molecule has 1 aliphatic rings. The molecule has 2 atom stereocenters. The van der Waals surface area contributed by atoms with Crippen molar-refractivity contribution in [3.8, 4) is 0 Å². The minimum absolute atomic E-state index is 0.00983. The summed E-state index contributed by atoms with van der Waals surface area (Å²) in [7, 11) is 0.